The summed E-state index contributed by atoms with van der Waals surface area (Å²) in [7, 11) is 0. The van der Waals surface area contributed by atoms with Crippen LogP contribution in [-0.4, -0.2) is 26.9 Å². The van der Waals surface area contributed by atoms with Crippen LogP contribution in [0.1, 0.15) is 25.7 Å². The number of rotatable bonds is 7. The lowest BCUT2D eigenvalue weighted by molar-refractivity contribution is -0.116. The Morgan fingerprint density at radius 3 is 2.44 bits per heavy atom. The van der Waals surface area contributed by atoms with Crippen molar-refractivity contribution in [1.82, 2.24) is 15.1 Å². The van der Waals surface area contributed by atoms with Crippen molar-refractivity contribution in [3.63, 3.8) is 0 Å². The Morgan fingerprint density at radius 2 is 1.74 bits per heavy atom. The van der Waals surface area contributed by atoms with Gasteiger partial charge in [-0.15, -0.1) is 0 Å². The van der Waals surface area contributed by atoms with Gasteiger partial charge in [-0.3, -0.25) is 14.6 Å². The van der Waals surface area contributed by atoms with Crippen molar-refractivity contribution >= 4 is 23.2 Å². The van der Waals surface area contributed by atoms with E-state index >= 15 is 0 Å². The molecule has 2 aromatic heterocycles. The van der Waals surface area contributed by atoms with Crippen molar-refractivity contribution in [2.45, 2.75) is 26.2 Å². The summed E-state index contributed by atoms with van der Waals surface area (Å²) in [5, 5.41) is 9.46. The molecular formula is C19H19N5O3. The molecular weight excluding hydrogens is 346 g/mol. The van der Waals surface area contributed by atoms with E-state index in [0.29, 0.717) is 35.9 Å². The highest BCUT2D eigenvalue weighted by Crippen LogP contribution is 2.17. The van der Waals surface area contributed by atoms with E-state index in [1.165, 1.54) is 0 Å². The maximum Gasteiger partial charge on any atom is 0.227 e. The van der Waals surface area contributed by atoms with Crippen LogP contribution < -0.4 is 10.6 Å². The summed E-state index contributed by atoms with van der Waals surface area (Å²) in [6, 6.07) is 10.6. The number of aryl methyl sites for hydroxylation is 1. The van der Waals surface area contributed by atoms with E-state index in [0.717, 1.165) is 5.56 Å². The average molecular weight is 365 g/mol. The lowest BCUT2D eigenvalue weighted by Gasteiger charge is -2.08. The van der Waals surface area contributed by atoms with Gasteiger partial charge in [-0.2, -0.15) is 4.98 Å². The maximum atomic E-state index is 12.2. The highest BCUT2D eigenvalue weighted by Gasteiger charge is 2.11. The number of aromatic nitrogens is 3. The molecule has 0 spiro atoms. The number of nitrogens with one attached hydrogen (secondary N) is 2. The van der Waals surface area contributed by atoms with Gasteiger partial charge in [0.1, 0.15) is 0 Å². The summed E-state index contributed by atoms with van der Waals surface area (Å²) >= 11 is 0. The molecule has 0 radical (unpaired) electrons. The minimum Gasteiger partial charge on any atom is -0.339 e. The molecule has 0 aliphatic heterocycles. The molecule has 3 aromatic rings. The molecule has 0 saturated carbocycles. The third kappa shape index (κ3) is 5.21. The standard InChI is InChI=1S/C19H19N5O3/c1-2-16(25)21-14-4-3-5-15(12-14)22-17(26)6-7-18-23-19(24-27-18)13-8-10-20-11-9-13/h3-5,8-12H,2,6-7H2,1H3,(H,21,25)(H,22,26). The Balaban J connectivity index is 1.54. The van der Waals surface area contributed by atoms with Crippen molar-refractivity contribution in [1.29, 1.82) is 0 Å². The minimum atomic E-state index is -0.183. The molecule has 138 valence electrons. The van der Waals surface area contributed by atoms with Crippen molar-refractivity contribution < 1.29 is 14.1 Å². The first kappa shape index (κ1) is 18.2. The molecule has 0 atom stereocenters. The number of nitrogens with zero attached hydrogens (tertiary/aromatic N) is 3. The van der Waals surface area contributed by atoms with Crippen LogP contribution in [0.2, 0.25) is 0 Å². The highest BCUT2D eigenvalue weighted by molar-refractivity contribution is 5.94. The van der Waals surface area contributed by atoms with E-state index in [4.69, 9.17) is 4.52 Å². The Kier molecular flexibility index (Phi) is 5.88. The third-order valence-electron chi connectivity index (χ3n) is 3.72. The van der Waals surface area contributed by atoms with Gasteiger partial charge in [0.05, 0.1) is 0 Å². The number of hydrogen-bond acceptors (Lipinski definition) is 6. The molecule has 0 fully saturated rings. The second-order valence-electron chi connectivity index (χ2n) is 5.78. The van der Waals surface area contributed by atoms with E-state index in [1.54, 1.807) is 55.7 Å². The number of amides is 2. The molecule has 8 nitrogen and oxygen atoms in total. The Morgan fingerprint density at radius 1 is 1.04 bits per heavy atom. The SMILES string of the molecule is CCC(=O)Nc1cccc(NC(=O)CCc2nc(-c3ccncc3)no2)c1. The Hall–Kier alpha value is -3.55. The predicted octanol–water partition coefficient (Wildman–Crippen LogP) is 3.05. The highest BCUT2D eigenvalue weighted by atomic mass is 16.5. The number of anilines is 2. The van der Waals surface area contributed by atoms with Gasteiger partial charge in [0.15, 0.2) is 0 Å². The molecule has 0 aliphatic carbocycles. The fourth-order valence-corrected chi connectivity index (χ4v) is 2.34. The zero-order chi connectivity index (χ0) is 19.1. The molecule has 3 rings (SSSR count). The maximum absolute atomic E-state index is 12.2. The first-order valence-corrected chi connectivity index (χ1v) is 8.57. The zero-order valence-electron chi connectivity index (χ0n) is 14.8. The fourth-order valence-electron chi connectivity index (χ4n) is 2.34. The van der Waals surface area contributed by atoms with Crippen molar-refractivity contribution in [3.05, 3.63) is 54.7 Å². The van der Waals surface area contributed by atoms with E-state index in [9.17, 15) is 9.59 Å². The van der Waals surface area contributed by atoms with Crippen LogP contribution in [0.25, 0.3) is 11.4 Å². The lowest BCUT2D eigenvalue weighted by atomic mass is 10.2. The summed E-state index contributed by atoms with van der Waals surface area (Å²) in [5.74, 6) is 0.589. The molecule has 1 aromatic carbocycles. The average Bonchev–Trinajstić information content (AvgIpc) is 3.16. The lowest BCUT2D eigenvalue weighted by Crippen LogP contribution is -2.13. The summed E-state index contributed by atoms with van der Waals surface area (Å²) in [5.41, 5.74) is 2.05. The van der Waals surface area contributed by atoms with Gasteiger partial charge in [0.2, 0.25) is 23.5 Å². The van der Waals surface area contributed by atoms with E-state index in [1.807, 2.05) is 0 Å². The first-order valence-electron chi connectivity index (χ1n) is 8.57. The summed E-state index contributed by atoms with van der Waals surface area (Å²) in [6.07, 6.45) is 4.22. The molecule has 27 heavy (non-hydrogen) atoms. The Labute approximate surface area is 156 Å². The molecule has 0 saturated heterocycles. The summed E-state index contributed by atoms with van der Waals surface area (Å²) in [4.78, 5) is 31.8. The van der Waals surface area contributed by atoms with Crippen LogP contribution in [0.5, 0.6) is 0 Å². The van der Waals surface area contributed by atoms with Crippen LogP contribution in [0.15, 0.2) is 53.3 Å². The molecule has 0 bridgehead atoms. The van der Waals surface area contributed by atoms with Gasteiger partial charge in [-0.25, -0.2) is 0 Å². The zero-order valence-corrected chi connectivity index (χ0v) is 14.8. The number of pyridine rings is 1. The normalized spacial score (nSPS) is 10.4. The largest absolute Gasteiger partial charge is 0.339 e. The molecule has 0 aliphatic rings. The van der Waals surface area contributed by atoms with Gasteiger partial charge < -0.3 is 15.2 Å². The van der Waals surface area contributed by atoms with Crippen LogP contribution in [0.4, 0.5) is 11.4 Å². The first-order chi connectivity index (χ1) is 13.1. The third-order valence-corrected chi connectivity index (χ3v) is 3.72. The van der Waals surface area contributed by atoms with Crippen molar-refractivity contribution in [2.75, 3.05) is 10.6 Å². The Bertz CT molecular complexity index is 924. The predicted molar refractivity (Wildman–Crippen MR) is 99.8 cm³/mol. The smallest absolute Gasteiger partial charge is 0.227 e. The van der Waals surface area contributed by atoms with Gasteiger partial charge in [0, 0.05) is 48.6 Å². The molecule has 2 amide bonds. The topological polar surface area (TPSA) is 110 Å². The van der Waals surface area contributed by atoms with Gasteiger partial charge in [-0.05, 0) is 30.3 Å². The van der Waals surface area contributed by atoms with Gasteiger partial charge in [-0.1, -0.05) is 18.1 Å². The quantitative estimate of drug-likeness (QED) is 0.666. The molecule has 2 N–H and O–H groups in total. The van der Waals surface area contributed by atoms with E-state index < -0.39 is 0 Å². The van der Waals surface area contributed by atoms with Crippen LogP contribution >= 0.6 is 0 Å². The molecule has 8 heteroatoms. The van der Waals surface area contributed by atoms with Crippen molar-refractivity contribution in [2.24, 2.45) is 0 Å². The van der Waals surface area contributed by atoms with E-state index in [2.05, 4.69) is 25.8 Å². The number of benzene rings is 1. The molecule has 2 heterocycles. The number of carbonyl (C=O) groups excluding carboxylic acids is 2. The second-order valence-corrected chi connectivity index (χ2v) is 5.78. The monoisotopic (exact) mass is 365 g/mol. The second kappa shape index (κ2) is 8.70. The number of hydrogen-bond donors (Lipinski definition) is 2. The van der Waals surface area contributed by atoms with Crippen LogP contribution in [0, 0.1) is 0 Å². The number of carbonyl (C=O) groups is 2. The summed E-state index contributed by atoms with van der Waals surface area (Å²) < 4.78 is 5.19. The fraction of sp³-hybridized carbons (Fsp3) is 0.211. The van der Waals surface area contributed by atoms with Crippen molar-refractivity contribution in [3.8, 4) is 11.4 Å². The van der Waals surface area contributed by atoms with Gasteiger partial charge in [0.25, 0.3) is 0 Å². The summed E-state index contributed by atoms with van der Waals surface area (Å²) in [6.45, 7) is 1.78. The van der Waals surface area contributed by atoms with Crippen LogP contribution in [-0.2, 0) is 16.0 Å². The van der Waals surface area contributed by atoms with Gasteiger partial charge >= 0.3 is 0 Å². The minimum absolute atomic E-state index is 0.0835. The molecule has 0 unspecified atom stereocenters. The van der Waals surface area contributed by atoms with E-state index in [-0.39, 0.29) is 18.2 Å². The van der Waals surface area contributed by atoms with Crippen LogP contribution in [0.3, 0.4) is 0 Å².